The number of hydrogen-bond acceptors (Lipinski definition) is 3. The van der Waals surface area contributed by atoms with Gasteiger partial charge in [0.2, 0.25) is 0 Å². The van der Waals surface area contributed by atoms with Gasteiger partial charge in [-0.25, -0.2) is 0 Å². The van der Waals surface area contributed by atoms with Crippen molar-refractivity contribution in [1.82, 2.24) is 9.55 Å². The molecule has 0 bridgehead atoms. The van der Waals surface area contributed by atoms with Gasteiger partial charge in [-0.2, -0.15) is 4.98 Å². The molecule has 0 saturated heterocycles. The molecule has 0 atom stereocenters. The Labute approximate surface area is 108 Å². The molecular weight excluding hydrogens is 284 g/mol. The number of hydrogen-bond donors (Lipinski definition) is 0. The van der Waals surface area contributed by atoms with Crippen LogP contribution in [-0.2, 0) is 6.54 Å². The summed E-state index contributed by atoms with van der Waals surface area (Å²) in [4.78, 5) is 4.25. The lowest BCUT2D eigenvalue weighted by Gasteiger charge is -2.09. The van der Waals surface area contributed by atoms with Gasteiger partial charge in [-0.05, 0) is 35.0 Å². The molecule has 0 spiro atoms. The van der Waals surface area contributed by atoms with Gasteiger partial charge in [-0.1, -0.05) is 12.1 Å². The fourth-order valence-electron chi connectivity index (χ4n) is 1.48. The average molecular weight is 297 g/mol. The van der Waals surface area contributed by atoms with Crippen molar-refractivity contribution in [2.45, 2.75) is 13.5 Å². The van der Waals surface area contributed by atoms with Gasteiger partial charge >= 0.3 is 6.01 Å². The first-order valence-electron chi connectivity index (χ1n) is 5.28. The van der Waals surface area contributed by atoms with Gasteiger partial charge in [0.1, 0.15) is 4.60 Å². The first-order valence-corrected chi connectivity index (χ1v) is 6.07. The Bertz CT molecular complexity index is 511. The quantitative estimate of drug-likeness (QED) is 0.867. The molecule has 0 aliphatic rings. The van der Waals surface area contributed by atoms with Gasteiger partial charge in [-0.3, -0.25) is 4.57 Å². The summed E-state index contributed by atoms with van der Waals surface area (Å²) >= 11 is 3.33. The summed E-state index contributed by atoms with van der Waals surface area (Å²) < 4.78 is 13.6. The molecule has 1 aromatic carbocycles. The van der Waals surface area contributed by atoms with Crippen molar-refractivity contribution < 1.29 is 9.47 Å². The minimum atomic E-state index is 0.545. The molecule has 0 saturated carbocycles. The minimum absolute atomic E-state index is 0.545. The van der Waals surface area contributed by atoms with Crippen molar-refractivity contribution in [1.29, 1.82) is 0 Å². The van der Waals surface area contributed by atoms with E-state index in [-0.39, 0.29) is 0 Å². The van der Waals surface area contributed by atoms with E-state index in [4.69, 9.17) is 9.47 Å². The molecule has 4 nitrogen and oxygen atoms in total. The Hall–Kier alpha value is -1.49. The van der Waals surface area contributed by atoms with Crippen LogP contribution in [0, 0.1) is 0 Å². The van der Waals surface area contributed by atoms with Crippen LogP contribution in [0.2, 0.25) is 0 Å². The standard InChI is InChI=1S/C12H13BrN2O2/c1-3-15-8-11(13)14-12(15)17-10-7-5-4-6-9(10)16-2/h4-8H,3H2,1-2H3. The van der Waals surface area contributed by atoms with E-state index in [0.29, 0.717) is 17.5 Å². The summed E-state index contributed by atoms with van der Waals surface area (Å²) in [7, 11) is 1.62. The third-order valence-electron chi connectivity index (χ3n) is 2.32. The molecule has 17 heavy (non-hydrogen) atoms. The van der Waals surface area contributed by atoms with Crippen LogP contribution in [-0.4, -0.2) is 16.7 Å². The predicted octanol–water partition coefficient (Wildman–Crippen LogP) is 3.47. The molecule has 0 fully saturated rings. The number of halogens is 1. The van der Waals surface area contributed by atoms with Crippen LogP contribution >= 0.6 is 15.9 Å². The average Bonchev–Trinajstić information content (AvgIpc) is 2.70. The van der Waals surface area contributed by atoms with E-state index in [9.17, 15) is 0 Å². The van der Waals surface area contributed by atoms with E-state index < -0.39 is 0 Å². The zero-order valence-corrected chi connectivity index (χ0v) is 11.3. The Balaban J connectivity index is 2.30. The molecule has 0 N–H and O–H groups in total. The highest BCUT2D eigenvalue weighted by Crippen LogP contribution is 2.31. The number of benzene rings is 1. The summed E-state index contributed by atoms with van der Waals surface area (Å²) in [6, 6.07) is 8.04. The highest BCUT2D eigenvalue weighted by atomic mass is 79.9. The molecule has 0 radical (unpaired) electrons. The molecule has 2 aromatic rings. The summed E-state index contributed by atoms with van der Waals surface area (Å²) in [6.45, 7) is 2.83. The predicted molar refractivity (Wildman–Crippen MR) is 68.7 cm³/mol. The lowest BCUT2D eigenvalue weighted by Crippen LogP contribution is -1.98. The van der Waals surface area contributed by atoms with E-state index in [1.165, 1.54) is 0 Å². The third kappa shape index (κ3) is 2.61. The normalized spacial score (nSPS) is 10.3. The highest BCUT2D eigenvalue weighted by molar-refractivity contribution is 9.10. The van der Waals surface area contributed by atoms with Crippen LogP contribution in [0.3, 0.4) is 0 Å². The lowest BCUT2D eigenvalue weighted by atomic mass is 10.3. The molecule has 5 heteroatoms. The molecule has 90 valence electrons. The number of aryl methyl sites for hydroxylation is 1. The van der Waals surface area contributed by atoms with Crippen molar-refractivity contribution >= 4 is 15.9 Å². The van der Waals surface area contributed by atoms with E-state index in [1.54, 1.807) is 7.11 Å². The van der Waals surface area contributed by atoms with Crippen molar-refractivity contribution in [3.05, 3.63) is 35.1 Å². The van der Waals surface area contributed by atoms with Crippen molar-refractivity contribution in [2.24, 2.45) is 0 Å². The first kappa shape index (κ1) is 12.0. The largest absolute Gasteiger partial charge is 0.493 e. The number of nitrogens with zero attached hydrogens (tertiary/aromatic N) is 2. The van der Waals surface area contributed by atoms with Crippen LogP contribution in [0.4, 0.5) is 0 Å². The second-order valence-electron chi connectivity index (χ2n) is 3.39. The highest BCUT2D eigenvalue weighted by Gasteiger charge is 2.10. The van der Waals surface area contributed by atoms with Crippen molar-refractivity contribution in [3.63, 3.8) is 0 Å². The molecule has 2 rings (SSSR count). The van der Waals surface area contributed by atoms with Crippen LogP contribution in [0.25, 0.3) is 0 Å². The summed E-state index contributed by atoms with van der Waals surface area (Å²) in [6.07, 6.45) is 1.88. The molecule has 1 heterocycles. The number of aromatic nitrogens is 2. The Kier molecular flexibility index (Phi) is 3.68. The Morgan fingerprint density at radius 2 is 2.00 bits per heavy atom. The second kappa shape index (κ2) is 5.23. The minimum Gasteiger partial charge on any atom is -0.493 e. The third-order valence-corrected chi connectivity index (χ3v) is 2.70. The van der Waals surface area contributed by atoms with E-state index in [2.05, 4.69) is 20.9 Å². The topological polar surface area (TPSA) is 36.3 Å². The van der Waals surface area contributed by atoms with Gasteiger partial charge in [-0.15, -0.1) is 0 Å². The number of ether oxygens (including phenoxy) is 2. The van der Waals surface area contributed by atoms with Crippen LogP contribution < -0.4 is 9.47 Å². The summed E-state index contributed by atoms with van der Waals surface area (Å²) in [5, 5.41) is 0. The fourth-order valence-corrected chi connectivity index (χ4v) is 1.88. The lowest BCUT2D eigenvalue weighted by molar-refractivity contribution is 0.359. The van der Waals surface area contributed by atoms with E-state index >= 15 is 0 Å². The number of imidazole rings is 1. The monoisotopic (exact) mass is 296 g/mol. The Morgan fingerprint density at radius 1 is 1.29 bits per heavy atom. The molecule has 0 unspecified atom stereocenters. The maximum atomic E-state index is 5.74. The van der Waals surface area contributed by atoms with Gasteiger partial charge in [0.15, 0.2) is 11.5 Å². The molecule has 0 aliphatic carbocycles. The van der Waals surface area contributed by atoms with Crippen molar-refractivity contribution in [3.8, 4) is 17.5 Å². The van der Waals surface area contributed by atoms with Crippen LogP contribution in [0.5, 0.6) is 17.5 Å². The molecule has 0 aliphatic heterocycles. The molecular formula is C12H13BrN2O2. The first-order chi connectivity index (χ1) is 8.24. The number of rotatable bonds is 4. The number of methoxy groups -OCH3 is 1. The summed E-state index contributed by atoms with van der Waals surface area (Å²) in [5.41, 5.74) is 0. The Morgan fingerprint density at radius 3 is 2.65 bits per heavy atom. The van der Waals surface area contributed by atoms with Gasteiger partial charge < -0.3 is 9.47 Å². The second-order valence-corrected chi connectivity index (χ2v) is 4.20. The van der Waals surface area contributed by atoms with E-state index in [1.807, 2.05) is 42.0 Å². The zero-order chi connectivity index (χ0) is 12.3. The van der Waals surface area contributed by atoms with Crippen molar-refractivity contribution in [2.75, 3.05) is 7.11 Å². The van der Waals surface area contributed by atoms with Crippen LogP contribution in [0.1, 0.15) is 6.92 Å². The number of para-hydroxylation sites is 2. The maximum Gasteiger partial charge on any atom is 0.303 e. The SMILES string of the molecule is CCn1cc(Br)nc1Oc1ccccc1OC. The van der Waals surface area contributed by atoms with Gasteiger partial charge in [0, 0.05) is 12.7 Å². The van der Waals surface area contributed by atoms with Crippen LogP contribution in [0.15, 0.2) is 35.1 Å². The summed E-state index contributed by atoms with van der Waals surface area (Å²) in [5.74, 6) is 1.34. The maximum absolute atomic E-state index is 5.74. The van der Waals surface area contributed by atoms with E-state index in [0.717, 1.165) is 11.1 Å². The molecule has 1 aromatic heterocycles. The van der Waals surface area contributed by atoms with Gasteiger partial charge in [0.25, 0.3) is 0 Å². The zero-order valence-electron chi connectivity index (χ0n) is 9.68. The fraction of sp³-hybridized carbons (Fsp3) is 0.250. The van der Waals surface area contributed by atoms with Gasteiger partial charge in [0.05, 0.1) is 7.11 Å². The smallest absolute Gasteiger partial charge is 0.303 e. The molecule has 0 amide bonds.